The molecule has 20 heavy (non-hydrogen) atoms. The van der Waals surface area contributed by atoms with Gasteiger partial charge >= 0.3 is 0 Å². The standard InChI is InChI=1S/C15H24BrN3O/c1-3-7-12-14(16)15(17-4-2)19-13(18-12)10-11-8-5-6-9-20-11/h11H,3-10H2,1-2H3,(H,17,18,19). The van der Waals surface area contributed by atoms with Crippen LogP contribution in [0.2, 0.25) is 0 Å². The van der Waals surface area contributed by atoms with Gasteiger partial charge in [-0.3, -0.25) is 0 Å². The highest BCUT2D eigenvalue weighted by molar-refractivity contribution is 9.10. The molecule has 1 saturated heterocycles. The minimum atomic E-state index is 0.286. The van der Waals surface area contributed by atoms with Crippen LogP contribution < -0.4 is 5.32 Å². The fourth-order valence-corrected chi connectivity index (χ4v) is 3.01. The van der Waals surface area contributed by atoms with Crippen molar-refractivity contribution in [1.29, 1.82) is 0 Å². The van der Waals surface area contributed by atoms with Gasteiger partial charge in [-0.1, -0.05) is 13.3 Å². The van der Waals surface area contributed by atoms with Crippen molar-refractivity contribution in [3.63, 3.8) is 0 Å². The van der Waals surface area contributed by atoms with E-state index in [0.717, 1.165) is 60.6 Å². The van der Waals surface area contributed by atoms with Gasteiger partial charge in [-0.2, -0.15) is 0 Å². The second-order valence-electron chi connectivity index (χ2n) is 5.22. The Bertz CT molecular complexity index is 406. The summed E-state index contributed by atoms with van der Waals surface area (Å²) in [7, 11) is 0. The highest BCUT2D eigenvalue weighted by Gasteiger charge is 2.18. The van der Waals surface area contributed by atoms with Gasteiger partial charge in [-0.05, 0) is 48.5 Å². The van der Waals surface area contributed by atoms with Gasteiger partial charge in [0.25, 0.3) is 0 Å². The molecule has 1 aliphatic heterocycles. The van der Waals surface area contributed by atoms with Crippen LogP contribution in [0.15, 0.2) is 4.47 Å². The highest BCUT2D eigenvalue weighted by atomic mass is 79.9. The Balaban J connectivity index is 2.17. The van der Waals surface area contributed by atoms with Gasteiger partial charge in [0, 0.05) is 19.6 Å². The SMILES string of the molecule is CCCc1nc(CC2CCCCO2)nc(NCC)c1Br. The maximum Gasteiger partial charge on any atom is 0.144 e. The van der Waals surface area contributed by atoms with E-state index in [1.165, 1.54) is 12.8 Å². The molecule has 0 bridgehead atoms. The van der Waals surface area contributed by atoms with Crippen LogP contribution in [0.3, 0.4) is 0 Å². The van der Waals surface area contributed by atoms with Crippen LogP contribution in [0, 0.1) is 0 Å². The van der Waals surface area contributed by atoms with E-state index >= 15 is 0 Å². The minimum Gasteiger partial charge on any atom is -0.378 e. The molecular formula is C15H24BrN3O. The normalized spacial score (nSPS) is 19.1. The maximum atomic E-state index is 5.80. The van der Waals surface area contributed by atoms with Crippen molar-refractivity contribution in [2.75, 3.05) is 18.5 Å². The third-order valence-electron chi connectivity index (χ3n) is 3.48. The van der Waals surface area contributed by atoms with Gasteiger partial charge in [0.15, 0.2) is 0 Å². The summed E-state index contributed by atoms with van der Waals surface area (Å²) in [6, 6.07) is 0. The number of anilines is 1. The zero-order valence-electron chi connectivity index (χ0n) is 12.4. The van der Waals surface area contributed by atoms with Crippen LogP contribution in [0.5, 0.6) is 0 Å². The summed E-state index contributed by atoms with van der Waals surface area (Å²) in [5.74, 6) is 1.82. The summed E-state index contributed by atoms with van der Waals surface area (Å²) in [5, 5.41) is 3.31. The fraction of sp³-hybridized carbons (Fsp3) is 0.733. The first kappa shape index (κ1) is 15.7. The van der Waals surface area contributed by atoms with E-state index in [1.54, 1.807) is 0 Å². The van der Waals surface area contributed by atoms with E-state index in [2.05, 4.69) is 40.1 Å². The van der Waals surface area contributed by atoms with Gasteiger partial charge in [0.2, 0.25) is 0 Å². The van der Waals surface area contributed by atoms with E-state index < -0.39 is 0 Å². The number of ether oxygens (including phenoxy) is 1. The Hall–Kier alpha value is -0.680. The monoisotopic (exact) mass is 341 g/mol. The fourth-order valence-electron chi connectivity index (χ4n) is 2.50. The lowest BCUT2D eigenvalue weighted by Gasteiger charge is -2.22. The van der Waals surface area contributed by atoms with Gasteiger partial charge in [0.1, 0.15) is 11.6 Å². The lowest BCUT2D eigenvalue weighted by molar-refractivity contribution is 0.0156. The van der Waals surface area contributed by atoms with Crippen molar-refractivity contribution in [1.82, 2.24) is 9.97 Å². The Morgan fingerprint density at radius 1 is 1.30 bits per heavy atom. The number of nitrogens with one attached hydrogen (secondary N) is 1. The van der Waals surface area contributed by atoms with Crippen LogP contribution in [0.4, 0.5) is 5.82 Å². The molecule has 2 rings (SSSR count). The molecule has 0 aliphatic carbocycles. The van der Waals surface area contributed by atoms with Crippen molar-refractivity contribution in [3.05, 3.63) is 16.0 Å². The van der Waals surface area contributed by atoms with Crippen LogP contribution in [0.25, 0.3) is 0 Å². The lowest BCUT2D eigenvalue weighted by Crippen LogP contribution is -2.23. The Kier molecular flexibility index (Phi) is 6.23. The van der Waals surface area contributed by atoms with Gasteiger partial charge < -0.3 is 10.1 Å². The van der Waals surface area contributed by atoms with Crippen molar-refractivity contribution in [2.24, 2.45) is 0 Å². The first-order chi connectivity index (χ1) is 9.74. The molecule has 112 valence electrons. The highest BCUT2D eigenvalue weighted by Crippen LogP contribution is 2.26. The maximum absolute atomic E-state index is 5.80. The molecular weight excluding hydrogens is 318 g/mol. The summed E-state index contributed by atoms with van der Waals surface area (Å²) in [6.07, 6.45) is 6.72. The van der Waals surface area contributed by atoms with E-state index in [-0.39, 0.29) is 6.10 Å². The summed E-state index contributed by atoms with van der Waals surface area (Å²) < 4.78 is 6.81. The van der Waals surface area contributed by atoms with Crippen LogP contribution in [0.1, 0.15) is 51.0 Å². The zero-order chi connectivity index (χ0) is 14.4. The Labute approximate surface area is 129 Å². The molecule has 4 nitrogen and oxygen atoms in total. The number of hydrogen-bond acceptors (Lipinski definition) is 4. The van der Waals surface area contributed by atoms with Crippen molar-refractivity contribution in [3.8, 4) is 0 Å². The first-order valence-electron chi connectivity index (χ1n) is 7.65. The van der Waals surface area contributed by atoms with Crippen molar-refractivity contribution >= 4 is 21.7 Å². The Morgan fingerprint density at radius 2 is 2.15 bits per heavy atom. The topological polar surface area (TPSA) is 47.0 Å². The smallest absolute Gasteiger partial charge is 0.144 e. The molecule has 0 spiro atoms. The summed E-state index contributed by atoms with van der Waals surface area (Å²) in [6.45, 7) is 5.99. The van der Waals surface area contributed by atoms with E-state index in [9.17, 15) is 0 Å². The molecule has 1 fully saturated rings. The second kappa shape index (κ2) is 7.93. The van der Waals surface area contributed by atoms with Gasteiger partial charge in [0.05, 0.1) is 16.3 Å². The number of aromatic nitrogens is 2. The number of rotatable bonds is 6. The third kappa shape index (κ3) is 4.16. The van der Waals surface area contributed by atoms with Gasteiger partial charge in [-0.25, -0.2) is 9.97 Å². The third-order valence-corrected chi connectivity index (χ3v) is 4.31. The molecule has 1 unspecified atom stereocenters. The minimum absolute atomic E-state index is 0.286. The molecule has 1 aromatic rings. The van der Waals surface area contributed by atoms with E-state index in [0.29, 0.717) is 0 Å². The van der Waals surface area contributed by atoms with Crippen LogP contribution >= 0.6 is 15.9 Å². The average molecular weight is 342 g/mol. The molecule has 1 N–H and O–H groups in total. The summed E-state index contributed by atoms with van der Waals surface area (Å²) in [5.41, 5.74) is 1.10. The largest absolute Gasteiger partial charge is 0.378 e. The number of nitrogens with zero attached hydrogens (tertiary/aromatic N) is 2. The molecule has 1 aromatic heterocycles. The van der Waals surface area contributed by atoms with E-state index in [1.807, 2.05) is 0 Å². The molecule has 0 saturated carbocycles. The number of aryl methyl sites for hydroxylation is 1. The predicted octanol–water partition coefficient (Wildman–Crippen LogP) is 3.74. The quantitative estimate of drug-likeness (QED) is 0.856. The molecule has 0 aromatic carbocycles. The zero-order valence-corrected chi connectivity index (χ0v) is 14.0. The van der Waals surface area contributed by atoms with Crippen molar-refractivity contribution < 1.29 is 4.74 Å². The number of halogens is 1. The van der Waals surface area contributed by atoms with Crippen LogP contribution in [-0.4, -0.2) is 29.2 Å². The van der Waals surface area contributed by atoms with E-state index in [4.69, 9.17) is 9.72 Å². The summed E-state index contributed by atoms with van der Waals surface area (Å²) in [4.78, 5) is 9.37. The molecule has 0 radical (unpaired) electrons. The Morgan fingerprint density at radius 3 is 2.80 bits per heavy atom. The predicted molar refractivity (Wildman–Crippen MR) is 85.2 cm³/mol. The second-order valence-corrected chi connectivity index (χ2v) is 6.02. The molecule has 5 heteroatoms. The number of hydrogen-bond donors (Lipinski definition) is 1. The van der Waals surface area contributed by atoms with Crippen molar-refractivity contribution in [2.45, 2.75) is 58.5 Å². The van der Waals surface area contributed by atoms with Crippen LogP contribution in [-0.2, 0) is 17.6 Å². The molecule has 1 atom stereocenters. The molecule has 2 heterocycles. The summed E-state index contributed by atoms with van der Waals surface area (Å²) >= 11 is 3.62. The lowest BCUT2D eigenvalue weighted by atomic mass is 10.1. The molecule has 0 amide bonds. The van der Waals surface area contributed by atoms with Gasteiger partial charge in [-0.15, -0.1) is 0 Å². The first-order valence-corrected chi connectivity index (χ1v) is 8.44. The average Bonchev–Trinajstić information content (AvgIpc) is 2.45. The molecule has 1 aliphatic rings.